The molecule has 0 aliphatic carbocycles. The van der Waals surface area contributed by atoms with E-state index in [0.29, 0.717) is 49.2 Å². The number of hydrogen-bond donors (Lipinski definition) is 4. The van der Waals surface area contributed by atoms with E-state index in [2.05, 4.69) is 25.5 Å². The van der Waals surface area contributed by atoms with Crippen molar-refractivity contribution < 1.29 is 9.18 Å². The SMILES string of the molecule is N#Cc1cnc(NCc2ccc(-c3cnc(N)c(N4CCC[C@@H](N)C4)n3)cc2)c(C(=O)NCCc2ccc(F)cc2)c1. The zero-order valence-corrected chi connectivity index (χ0v) is 23.1. The number of nitriles is 1. The second-order valence-corrected chi connectivity index (χ2v) is 10.2. The van der Waals surface area contributed by atoms with Gasteiger partial charge in [0.05, 0.1) is 23.0 Å². The van der Waals surface area contributed by atoms with Gasteiger partial charge in [-0.1, -0.05) is 36.4 Å². The summed E-state index contributed by atoms with van der Waals surface area (Å²) >= 11 is 0. The van der Waals surface area contributed by atoms with Crippen LogP contribution in [0.25, 0.3) is 11.3 Å². The van der Waals surface area contributed by atoms with E-state index in [1.54, 1.807) is 18.3 Å². The Bertz CT molecular complexity index is 1590. The van der Waals surface area contributed by atoms with E-state index < -0.39 is 0 Å². The maximum atomic E-state index is 13.1. The molecule has 5 rings (SSSR count). The predicted octanol–water partition coefficient (Wildman–Crippen LogP) is 3.64. The first-order chi connectivity index (χ1) is 20.4. The molecule has 1 saturated heterocycles. The minimum atomic E-state index is -0.355. The molecule has 0 radical (unpaired) electrons. The molecule has 1 fully saturated rings. The van der Waals surface area contributed by atoms with Gasteiger partial charge < -0.3 is 27.0 Å². The number of carbonyl (C=O) groups excluding carboxylic acids is 1. The normalized spacial score (nSPS) is 14.7. The Morgan fingerprint density at radius 1 is 1.10 bits per heavy atom. The number of amides is 1. The van der Waals surface area contributed by atoms with Crippen LogP contribution >= 0.6 is 0 Å². The van der Waals surface area contributed by atoms with Gasteiger partial charge in [0.1, 0.15) is 17.7 Å². The number of rotatable bonds is 9. The molecule has 2 aromatic carbocycles. The second-order valence-electron chi connectivity index (χ2n) is 10.2. The molecule has 0 saturated carbocycles. The standard InChI is InChI=1S/C31H32FN9O/c32-24-9-5-20(6-10-24)11-12-36-31(42)26-14-22(15-33)17-39-29(26)38-16-21-3-7-23(8-4-21)27-18-37-28(35)30(40-27)41-13-1-2-25(34)19-41/h3-10,14,17-18,25H,1-2,11-13,16,19,34H2,(H2,35,37)(H,36,42)(H,38,39)/t25-/m1/s1. The molecule has 0 bridgehead atoms. The molecule has 1 atom stereocenters. The third-order valence-electron chi connectivity index (χ3n) is 7.12. The molecule has 214 valence electrons. The lowest BCUT2D eigenvalue weighted by Gasteiger charge is -2.32. The highest BCUT2D eigenvalue weighted by molar-refractivity contribution is 5.99. The van der Waals surface area contributed by atoms with E-state index in [9.17, 15) is 14.4 Å². The number of carbonyl (C=O) groups is 1. The number of nitrogen functional groups attached to an aromatic ring is 1. The van der Waals surface area contributed by atoms with Crippen LogP contribution in [-0.2, 0) is 13.0 Å². The number of nitrogens with one attached hydrogen (secondary N) is 2. The number of nitrogens with two attached hydrogens (primary N) is 2. The molecule has 0 unspecified atom stereocenters. The molecule has 10 nitrogen and oxygen atoms in total. The number of hydrogen-bond acceptors (Lipinski definition) is 9. The molecule has 0 spiro atoms. The lowest BCUT2D eigenvalue weighted by molar-refractivity contribution is 0.0954. The maximum Gasteiger partial charge on any atom is 0.255 e. The van der Waals surface area contributed by atoms with E-state index in [1.807, 2.05) is 30.3 Å². The van der Waals surface area contributed by atoms with Crippen LogP contribution in [0.2, 0.25) is 0 Å². The van der Waals surface area contributed by atoms with Crippen LogP contribution < -0.4 is 27.0 Å². The molecule has 6 N–H and O–H groups in total. The lowest BCUT2D eigenvalue weighted by atomic mass is 10.1. The molecule has 4 aromatic rings. The summed E-state index contributed by atoms with van der Waals surface area (Å²) in [6, 6.07) is 17.6. The Morgan fingerprint density at radius 3 is 2.60 bits per heavy atom. The third kappa shape index (κ3) is 6.97. The van der Waals surface area contributed by atoms with E-state index >= 15 is 0 Å². The first-order valence-corrected chi connectivity index (χ1v) is 13.8. The smallest absolute Gasteiger partial charge is 0.255 e. The van der Waals surface area contributed by atoms with E-state index in [1.165, 1.54) is 24.4 Å². The summed E-state index contributed by atoms with van der Waals surface area (Å²) in [5.41, 5.74) is 16.3. The van der Waals surface area contributed by atoms with Crippen molar-refractivity contribution in [3.05, 3.63) is 95.1 Å². The summed E-state index contributed by atoms with van der Waals surface area (Å²) in [7, 11) is 0. The number of anilines is 3. The Morgan fingerprint density at radius 2 is 1.86 bits per heavy atom. The number of nitrogens with zero attached hydrogens (tertiary/aromatic N) is 5. The van der Waals surface area contributed by atoms with Gasteiger partial charge in [-0.15, -0.1) is 0 Å². The zero-order valence-electron chi connectivity index (χ0n) is 23.1. The van der Waals surface area contributed by atoms with Gasteiger partial charge in [0.2, 0.25) is 0 Å². The van der Waals surface area contributed by atoms with Crippen LogP contribution in [0, 0.1) is 17.1 Å². The Balaban J connectivity index is 1.24. The third-order valence-corrected chi connectivity index (χ3v) is 7.12. The fourth-order valence-electron chi connectivity index (χ4n) is 4.85. The molecule has 11 heteroatoms. The molecule has 1 aliphatic rings. The van der Waals surface area contributed by atoms with Gasteiger partial charge in [-0.25, -0.2) is 19.3 Å². The summed E-state index contributed by atoms with van der Waals surface area (Å²) in [5.74, 6) is 0.750. The topological polar surface area (TPSA) is 159 Å². The Labute approximate surface area is 243 Å². The molecule has 2 aromatic heterocycles. The van der Waals surface area contributed by atoms with E-state index in [4.69, 9.17) is 16.5 Å². The van der Waals surface area contributed by atoms with Crippen LogP contribution in [0.5, 0.6) is 0 Å². The van der Waals surface area contributed by atoms with Crippen molar-refractivity contribution >= 4 is 23.4 Å². The van der Waals surface area contributed by atoms with Crippen LogP contribution in [0.15, 0.2) is 67.0 Å². The largest absolute Gasteiger partial charge is 0.381 e. The van der Waals surface area contributed by atoms with Crippen LogP contribution in [0.1, 0.15) is 39.9 Å². The molecule has 1 aliphatic heterocycles. The highest BCUT2D eigenvalue weighted by Gasteiger charge is 2.21. The molecular weight excluding hydrogens is 533 g/mol. The van der Waals surface area contributed by atoms with Gasteiger partial charge in [-0.05, 0) is 48.6 Å². The maximum absolute atomic E-state index is 13.1. The Kier molecular flexibility index (Phi) is 8.84. The van der Waals surface area contributed by atoms with Crippen molar-refractivity contribution in [2.45, 2.75) is 31.8 Å². The average molecular weight is 566 g/mol. The Hall–Kier alpha value is -5.08. The van der Waals surface area contributed by atoms with Crippen LogP contribution in [0.3, 0.4) is 0 Å². The van der Waals surface area contributed by atoms with Crippen LogP contribution in [0.4, 0.5) is 21.8 Å². The minimum Gasteiger partial charge on any atom is -0.381 e. The first kappa shape index (κ1) is 28.4. The van der Waals surface area contributed by atoms with Crippen molar-refractivity contribution in [1.29, 1.82) is 5.26 Å². The zero-order chi connectivity index (χ0) is 29.5. The van der Waals surface area contributed by atoms with E-state index in [0.717, 1.165) is 36.1 Å². The lowest BCUT2D eigenvalue weighted by Crippen LogP contribution is -2.43. The number of halogens is 1. The highest BCUT2D eigenvalue weighted by atomic mass is 19.1. The van der Waals surface area contributed by atoms with Crippen molar-refractivity contribution in [3.63, 3.8) is 0 Å². The number of pyridine rings is 1. The molecular formula is C31H32FN9O. The van der Waals surface area contributed by atoms with Crippen molar-refractivity contribution in [2.24, 2.45) is 5.73 Å². The molecule has 42 heavy (non-hydrogen) atoms. The molecule has 1 amide bonds. The predicted molar refractivity (Wildman–Crippen MR) is 160 cm³/mol. The monoisotopic (exact) mass is 565 g/mol. The second kappa shape index (κ2) is 13.1. The summed E-state index contributed by atoms with van der Waals surface area (Å²) in [5, 5.41) is 15.4. The van der Waals surface area contributed by atoms with Gasteiger partial charge in [-0.3, -0.25) is 4.79 Å². The fourth-order valence-corrected chi connectivity index (χ4v) is 4.85. The first-order valence-electron chi connectivity index (χ1n) is 13.8. The van der Waals surface area contributed by atoms with E-state index in [-0.39, 0.29) is 28.9 Å². The van der Waals surface area contributed by atoms with Gasteiger partial charge in [-0.2, -0.15) is 5.26 Å². The number of piperidine rings is 1. The minimum absolute atomic E-state index is 0.0917. The van der Waals surface area contributed by atoms with Crippen molar-refractivity contribution in [2.75, 3.05) is 35.6 Å². The summed E-state index contributed by atoms with van der Waals surface area (Å²) in [6.45, 7) is 2.30. The van der Waals surface area contributed by atoms with Gasteiger partial charge in [0.25, 0.3) is 5.91 Å². The summed E-state index contributed by atoms with van der Waals surface area (Å²) in [6.07, 6.45) is 5.60. The number of aromatic nitrogens is 3. The average Bonchev–Trinajstić information content (AvgIpc) is 3.01. The van der Waals surface area contributed by atoms with Crippen LogP contribution in [-0.4, -0.2) is 46.5 Å². The number of benzene rings is 2. The summed E-state index contributed by atoms with van der Waals surface area (Å²) in [4.78, 5) is 28.6. The van der Waals surface area contributed by atoms with Gasteiger partial charge >= 0.3 is 0 Å². The quantitative estimate of drug-likeness (QED) is 0.238. The highest BCUT2D eigenvalue weighted by Crippen LogP contribution is 2.26. The summed E-state index contributed by atoms with van der Waals surface area (Å²) < 4.78 is 13.1. The molecule has 3 heterocycles. The van der Waals surface area contributed by atoms with Crippen molar-refractivity contribution in [1.82, 2.24) is 20.3 Å². The van der Waals surface area contributed by atoms with Gasteiger partial charge in [0.15, 0.2) is 11.6 Å². The van der Waals surface area contributed by atoms with Crippen molar-refractivity contribution in [3.8, 4) is 17.3 Å². The van der Waals surface area contributed by atoms with Gasteiger partial charge in [0, 0.05) is 44.0 Å². The fraction of sp³-hybridized carbons (Fsp3) is 0.258.